The molecule has 0 aliphatic carbocycles. The van der Waals surface area contributed by atoms with Gasteiger partial charge in [0.2, 0.25) is 15.1 Å². The van der Waals surface area contributed by atoms with Crippen LogP contribution in [-0.2, 0) is 0 Å². The summed E-state index contributed by atoms with van der Waals surface area (Å²) in [6.45, 7) is 15.6. The molecular formula is C7H21Cl2NSi3. The Kier molecular flexibility index (Phi) is 4.35. The van der Waals surface area contributed by atoms with E-state index in [0.29, 0.717) is 0 Å². The van der Waals surface area contributed by atoms with Gasteiger partial charge in [0.25, 0.3) is 0 Å². The van der Waals surface area contributed by atoms with E-state index in [1.165, 1.54) is 0 Å². The molecule has 0 aliphatic rings. The maximum absolute atomic E-state index is 6.52. The van der Waals surface area contributed by atoms with Crippen LogP contribution in [0.15, 0.2) is 0 Å². The molecule has 0 atom stereocenters. The first-order chi connectivity index (χ1) is 5.37. The van der Waals surface area contributed by atoms with Crippen molar-refractivity contribution in [2.75, 3.05) is 0 Å². The van der Waals surface area contributed by atoms with Crippen molar-refractivity contribution in [3.05, 3.63) is 0 Å². The minimum Gasteiger partial charge on any atom is -0.344 e. The lowest BCUT2D eigenvalue weighted by atomic mass is 11.8. The summed E-state index contributed by atoms with van der Waals surface area (Å²) in [5, 5.41) is 0. The molecule has 0 aromatic rings. The highest BCUT2D eigenvalue weighted by atomic mass is 35.6. The molecule has 0 bridgehead atoms. The Morgan fingerprint density at radius 2 is 0.923 bits per heavy atom. The summed E-state index contributed by atoms with van der Waals surface area (Å²) in [7, 11) is -4.89. The predicted molar refractivity (Wildman–Crippen MR) is 71.9 cm³/mol. The van der Waals surface area contributed by atoms with E-state index in [1.807, 2.05) is 0 Å². The van der Waals surface area contributed by atoms with Crippen molar-refractivity contribution in [3.8, 4) is 0 Å². The monoisotopic (exact) mass is 273 g/mol. The van der Waals surface area contributed by atoms with E-state index in [0.717, 1.165) is 0 Å². The fourth-order valence-corrected chi connectivity index (χ4v) is 28.8. The molecular weight excluding hydrogens is 253 g/mol. The zero-order valence-electron chi connectivity index (χ0n) is 9.70. The van der Waals surface area contributed by atoms with Crippen LogP contribution in [0.2, 0.25) is 45.8 Å². The highest BCUT2D eigenvalue weighted by molar-refractivity contribution is 7.33. The van der Waals surface area contributed by atoms with Gasteiger partial charge in [-0.1, -0.05) is 19.6 Å². The highest BCUT2D eigenvalue weighted by Gasteiger charge is 2.45. The SMILES string of the molecule is C[Si](C)(C)N([Si](C)(C)Cl)[Si](C)(C)Cl. The molecule has 0 aliphatic heterocycles. The molecule has 0 aromatic carbocycles. The number of hydrogen-bond donors (Lipinski definition) is 0. The molecule has 0 heterocycles. The molecule has 0 aromatic heterocycles. The highest BCUT2D eigenvalue weighted by Crippen LogP contribution is 2.31. The Bertz CT molecular complexity index is 144. The molecule has 6 heteroatoms. The second kappa shape index (κ2) is 3.98. The predicted octanol–water partition coefficient (Wildman–Crippen LogP) is 4.00. The Morgan fingerprint density at radius 3 is 0.923 bits per heavy atom. The maximum Gasteiger partial charge on any atom is 0.211 e. The first-order valence-corrected chi connectivity index (χ1v) is 15.9. The normalized spacial score (nSPS) is 15.2. The van der Waals surface area contributed by atoms with Crippen molar-refractivity contribution >= 4 is 45.5 Å². The van der Waals surface area contributed by atoms with E-state index >= 15 is 0 Å². The fraction of sp³-hybridized carbons (Fsp3) is 1.00. The summed E-state index contributed by atoms with van der Waals surface area (Å²) in [5.74, 6) is 0. The van der Waals surface area contributed by atoms with Crippen molar-refractivity contribution in [3.63, 3.8) is 0 Å². The summed E-state index contributed by atoms with van der Waals surface area (Å²) in [6.07, 6.45) is 0. The standard InChI is InChI=1S/C7H21Cl2NSi3/c1-11(2,3)10(12(4,5)8)13(6,7)9/h1-7H3. The molecule has 0 amide bonds. The molecule has 0 spiro atoms. The van der Waals surface area contributed by atoms with Gasteiger partial charge in [0, 0.05) is 0 Å². The van der Waals surface area contributed by atoms with E-state index in [4.69, 9.17) is 22.2 Å². The van der Waals surface area contributed by atoms with Gasteiger partial charge in [-0.2, -0.15) is 0 Å². The molecule has 0 saturated carbocycles. The van der Waals surface area contributed by atoms with Crippen LogP contribution in [0.25, 0.3) is 0 Å². The number of nitrogens with zero attached hydrogens (tertiary/aromatic N) is 1. The van der Waals surface area contributed by atoms with Crippen LogP contribution in [0.5, 0.6) is 0 Å². The smallest absolute Gasteiger partial charge is 0.211 e. The lowest BCUT2D eigenvalue weighted by Gasteiger charge is -2.48. The number of halogens is 2. The minimum absolute atomic E-state index is 1.36. The summed E-state index contributed by atoms with van der Waals surface area (Å²) in [5.41, 5.74) is 0. The average Bonchev–Trinajstić information content (AvgIpc) is 1.44. The molecule has 80 valence electrons. The van der Waals surface area contributed by atoms with Crippen LogP contribution in [0.3, 0.4) is 0 Å². The lowest BCUT2D eigenvalue weighted by Crippen LogP contribution is -2.67. The Balaban J connectivity index is 5.02. The van der Waals surface area contributed by atoms with Crippen molar-refractivity contribution in [2.24, 2.45) is 0 Å². The zero-order chi connectivity index (χ0) is 11.1. The minimum atomic E-state index is -1.76. The zero-order valence-corrected chi connectivity index (χ0v) is 14.2. The molecule has 0 saturated heterocycles. The molecule has 0 unspecified atom stereocenters. The van der Waals surface area contributed by atoms with Crippen molar-refractivity contribution < 1.29 is 0 Å². The van der Waals surface area contributed by atoms with Crippen LogP contribution >= 0.6 is 22.2 Å². The van der Waals surface area contributed by atoms with Gasteiger partial charge in [-0.3, -0.25) is 0 Å². The fourth-order valence-electron chi connectivity index (χ4n) is 2.23. The van der Waals surface area contributed by atoms with Crippen molar-refractivity contribution in [1.29, 1.82) is 0 Å². The maximum atomic E-state index is 6.52. The third-order valence-corrected chi connectivity index (χ3v) is 18.7. The van der Waals surface area contributed by atoms with Crippen LogP contribution in [0.1, 0.15) is 0 Å². The van der Waals surface area contributed by atoms with E-state index in [2.05, 4.69) is 49.7 Å². The van der Waals surface area contributed by atoms with Crippen molar-refractivity contribution in [1.82, 2.24) is 3.90 Å². The van der Waals surface area contributed by atoms with E-state index in [9.17, 15) is 0 Å². The lowest BCUT2D eigenvalue weighted by molar-refractivity contribution is 0.942. The summed E-state index contributed by atoms with van der Waals surface area (Å²) >= 11 is 13.0. The first kappa shape index (κ1) is 14.2. The van der Waals surface area contributed by atoms with E-state index in [-0.39, 0.29) is 0 Å². The first-order valence-electron chi connectivity index (χ1n) is 4.55. The van der Waals surface area contributed by atoms with Gasteiger partial charge in [0.05, 0.1) is 0 Å². The van der Waals surface area contributed by atoms with Crippen LogP contribution < -0.4 is 0 Å². The van der Waals surface area contributed by atoms with Gasteiger partial charge in [-0.05, 0) is 26.2 Å². The van der Waals surface area contributed by atoms with Crippen LogP contribution in [0, 0.1) is 0 Å². The molecule has 0 radical (unpaired) electrons. The molecule has 13 heavy (non-hydrogen) atoms. The molecule has 0 N–H and O–H groups in total. The molecule has 0 fully saturated rings. The van der Waals surface area contributed by atoms with Gasteiger partial charge in [0.1, 0.15) is 8.24 Å². The van der Waals surface area contributed by atoms with E-state index < -0.39 is 23.3 Å². The Labute approximate surface area is 95.1 Å². The third kappa shape index (κ3) is 4.49. The van der Waals surface area contributed by atoms with Gasteiger partial charge in [0.15, 0.2) is 0 Å². The van der Waals surface area contributed by atoms with Gasteiger partial charge >= 0.3 is 0 Å². The number of hydrogen-bond acceptors (Lipinski definition) is 1. The summed E-state index contributed by atoms with van der Waals surface area (Å²) < 4.78 is 2.51. The second-order valence-electron chi connectivity index (χ2n) is 5.33. The van der Waals surface area contributed by atoms with Gasteiger partial charge in [-0.15, -0.1) is 22.2 Å². The average molecular weight is 274 g/mol. The number of rotatable bonds is 3. The summed E-state index contributed by atoms with van der Waals surface area (Å²) in [4.78, 5) is 0. The third-order valence-electron chi connectivity index (χ3n) is 1.73. The van der Waals surface area contributed by atoms with E-state index in [1.54, 1.807) is 0 Å². The van der Waals surface area contributed by atoms with Crippen LogP contribution in [-0.4, -0.2) is 27.2 Å². The topological polar surface area (TPSA) is 3.24 Å². The van der Waals surface area contributed by atoms with Crippen molar-refractivity contribution in [2.45, 2.75) is 45.8 Å². The van der Waals surface area contributed by atoms with Crippen LogP contribution in [0.4, 0.5) is 0 Å². The van der Waals surface area contributed by atoms with Gasteiger partial charge in [-0.25, -0.2) is 0 Å². The second-order valence-corrected chi connectivity index (χ2v) is 23.5. The van der Waals surface area contributed by atoms with Gasteiger partial charge < -0.3 is 3.90 Å². The Morgan fingerprint density at radius 1 is 0.692 bits per heavy atom. The molecule has 0 rings (SSSR count). The molecule has 1 nitrogen and oxygen atoms in total. The quantitative estimate of drug-likeness (QED) is 0.555. The Hall–Kier alpha value is 1.19. The largest absolute Gasteiger partial charge is 0.344 e. The summed E-state index contributed by atoms with van der Waals surface area (Å²) in [6, 6.07) is 0.